The Morgan fingerprint density at radius 3 is 1.21 bits per heavy atom. The molecule has 2 rings (SSSR count). The Hall–Kier alpha value is -0.0400. The van der Waals surface area contributed by atoms with Crippen LogP contribution in [-0.2, 0) is 0 Å². The number of hydrogen-bond acceptors (Lipinski definition) is 1. The summed E-state index contributed by atoms with van der Waals surface area (Å²) in [6.07, 6.45) is 0. The zero-order valence-corrected chi connectivity index (χ0v) is 10.5. The van der Waals surface area contributed by atoms with E-state index >= 15 is 0 Å². The lowest BCUT2D eigenvalue weighted by molar-refractivity contribution is 0.0259. The van der Waals surface area contributed by atoms with Crippen LogP contribution >= 0.6 is 0 Å². The van der Waals surface area contributed by atoms with Crippen LogP contribution in [0.25, 0.3) is 0 Å². The molecule has 2 saturated heterocycles. The molecule has 0 aliphatic carbocycles. The summed E-state index contributed by atoms with van der Waals surface area (Å²) in [5.41, 5.74) is 0. The number of fused-ring (bicyclic) bond motifs is 2. The zero-order valence-electron chi connectivity index (χ0n) is 10.5. The fraction of sp³-hybridized carbons (Fsp3) is 1.00. The van der Waals surface area contributed by atoms with Crippen molar-refractivity contribution in [2.75, 3.05) is 7.05 Å². The van der Waals surface area contributed by atoms with E-state index in [1.807, 2.05) is 0 Å². The topological polar surface area (TPSA) is 3.24 Å². The minimum absolute atomic E-state index is 0.834. The SMILES string of the molecule is CC1C(C)C2[C@@H](C)C(C)C(C)C1N2C. The van der Waals surface area contributed by atoms with Crippen LogP contribution < -0.4 is 0 Å². The average molecular weight is 195 g/mol. The molecule has 2 aliphatic heterocycles. The summed E-state index contributed by atoms with van der Waals surface area (Å²) in [7, 11) is 2.34. The van der Waals surface area contributed by atoms with E-state index in [9.17, 15) is 0 Å². The molecule has 6 unspecified atom stereocenters. The highest BCUT2D eigenvalue weighted by Gasteiger charge is 2.53. The number of hydrogen-bond donors (Lipinski definition) is 0. The molecule has 2 fully saturated rings. The lowest BCUT2D eigenvalue weighted by atomic mass is 9.75. The van der Waals surface area contributed by atoms with Crippen molar-refractivity contribution in [3.05, 3.63) is 0 Å². The molecule has 0 aromatic heterocycles. The van der Waals surface area contributed by atoms with Gasteiger partial charge in [-0.25, -0.2) is 0 Å². The van der Waals surface area contributed by atoms with Gasteiger partial charge in [0.15, 0.2) is 0 Å². The fourth-order valence-electron chi connectivity index (χ4n) is 4.36. The van der Waals surface area contributed by atoms with Crippen LogP contribution in [0, 0.1) is 29.6 Å². The predicted molar refractivity (Wildman–Crippen MR) is 61.2 cm³/mol. The molecule has 0 radical (unpaired) electrons. The van der Waals surface area contributed by atoms with E-state index in [2.05, 4.69) is 46.6 Å². The highest BCUT2D eigenvalue weighted by molar-refractivity contribution is 5.05. The van der Waals surface area contributed by atoms with Gasteiger partial charge in [-0.05, 0) is 36.6 Å². The minimum atomic E-state index is 0.834. The Balaban J connectivity index is 2.34. The largest absolute Gasteiger partial charge is 0.299 e. The van der Waals surface area contributed by atoms with Crippen LogP contribution in [0.15, 0.2) is 0 Å². The molecule has 1 nitrogen and oxygen atoms in total. The molecule has 1 heteroatoms. The molecule has 82 valence electrons. The van der Waals surface area contributed by atoms with E-state index in [1.54, 1.807) is 0 Å². The van der Waals surface area contributed by atoms with Gasteiger partial charge in [-0.2, -0.15) is 0 Å². The summed E-state index contributed by atoms with van der Waals surface area (Å²) in [6.45, 7) is 12.3. The number of nitrogens with zero attached hydrogens (tertiary/aromatic N) is 1. The zero-order chi connectivity index (χ0) is 10.6. The van der Waals surface area contributed by atoms with Crippen LogP contribution in [0.2, 0.25) is 0 Å². The van der Waals surface area contributed by atoms with Crippen LogP contribution in [0.4, 0.5) is 0 Å². The summed E-state index contributed by atoms with van der Waals surface area (Å²) in [5.74, 6) is 4.39. The second-order valence-electron chi connectivity index (χ2n) is 5.94. The molecule has 0 aromatic carbocycles. The van der Waals surface area contributed by atoms with Gasteiger partial charge in [0.2, 0.25) is 0 Å². The molecular formula is C13H25N. The third-order valence-corrected chi connectivity index (χ3v) is 5.58. The third kappa shape index (κ3) is 1.11. The molecule has 0 amide bonds. The second-order valence-corrected chi connectivity index (χ2v) is 5.94. The normalized spacial score (nSPS) is 59.1. The molecule has 14 heavy (non-hydrogen) atoms. The van der Waals surface area contributed by atoms with Crippen LogP contribution in [-0.4, -0.2) is 24.0 Å². The van der Waals surface area contributed by atoms with Crippen LogP contribution in [0.1, 0.15) is 34.6 Å². The Labute approximate surface area is 88.9 Å². The van der Waals surface area contributed by atoms with Crippen LogP contribution in [0.3, 0.4) is 0 Å². The maximum atomic E-state index is 2.67. The van der Waals surface area contributed by atoms with Gasteiger partial charge in [0, 0.05) is 12.1 Å². The van der Waals surface area contributed by atoms with E-state index in [4.69, 9.17) is 0 Å². The van der Waals surface area contributed by atoms with Crippen molar-refractivity contribution in [2.24, 2.45) is 29.6 Å². The standard InChI is InChI=1S/C13H25N/c1-7-8(2)12-10(4)11(5)13(9(7)3)14(12)6/h7-13H,1-6H3/t7?,8-,9?,10?,11?,12?,13?/m0/s1. The predicted octanol–water partition coefficient (Wildman–Crippen LogP) is 2.86. The highest BCUT2D eigenvalue weighted by Crippen LogP contribution is 2.49. The monoisotopic (exact) mass is 195 g/mol. The minimum Gasteiger partial charge on any atom is -0.299 e. The molecule has 0 saturated carbocycles. The first-order chi connectivity index (χ1) is 6.46. The molecule has 0 aromatic rings. The molecular weight excluding hydrogens is 170 g/mol. The van der Waals surface area contributed by atoms with Gasteiger partial charge >= 0.3 is 0 Å². The Morgan fingerprint density at radius 1 is 0.571 bits per heavy atom. The Bertz CT molecular complexity index is 195. The Kier molecular flexibility index (Phi) is 2.42. The summed E-state index contributed by atoms with van der Waals surface area (Å²) < 4.78 is 0. The highest BCUT2D eigenvalue weighted by atomic mass is 15.2. The maximum Gasteiger partial charge on any atom is 0.0152 e. The second kappa shape index (κ2) is 3.23. The van der Waals surface area contributed by atoms with Crippen LogP contribution in [0.5, 0.6) is 0 Å². The van der Waals surface area contributed by atoms with Crippen molar-refractivity contribution >= 4 is 0 Å². The van der Waals surface area contributed by atoms with E-state index in [0.717, 1.165) is 41.7 Å². The summed E-state index contributed by atoms with van der Waals surface area (Å²) in [5, 5.41) is 0. The van der Waals surface area contributed by atoms with Gasteiger partial charge < -0.3 is 0 Å². The van der Waals surface area contributed by atoms with E-state index < -0.39 is 0 Å². The van der Waals surface area contributed by atoms with E-state index in [-0.39, 0.29) is 0 Å². The number of rotatable bonds is 0. The van der Waals surface area contributed by atoms with E-state index in [0.29, 0.717) is 0 Å². The molecule has 0 spiro atoms. The lowest BCUT2D eigenvalue weighted by Gasteiger charge is -2.45. The van der Waals surface area contributed by atoms with Gasteiger partial charge in [0.1, 0.15) is 0 Å². The summed E-state index contributed by atoms with van der Waals surface area (Å²) in [4.78, 5) is 2.67. The first-order valence-electron chi connectivity index (χ1n) is 6.18. The lowest BCUT2D eigenvalue weighted by Crippen LogP contribution is -2.50. The van der Waals surface area contributed by atoms with Crippen molar-refractivity contribution in [1.82, 2.24) is 4.90 Å². The first kappa shape index (κ1) is 10.5. The first-order valence-corrected chi connectivity index (χ1v) is 6.18. The fourth-order valence-corrected chi connectivity index (χ4v) is 4.36. The number of piperidine rings is 1. The van der Waals surface area contributed by atoms with Crippen molar-refractivity contribution in [1.29, 1.82) is 0 Å². The molecule has 2 bridgehead atoms. The molecule has 0 N–H and O–H groups in total. The van der Waals surface area contributed by atoms with Gasteiger partial charge in [-0.15, -0.1) is 0 Å². The average Bonchev–Trinajstić information content (AvgIpc) is 2.32. The smallest absolute Gasteiger partial charge is 0.0152 e. The molecule has 7 atom stereocenters. The molecule has 2 aliphatic rings. The van der Waals surface area contributed by atoms with Crippen molar-refractivity contribution < 1.29 is 0 Å². The third-order valence-electron chi connectivity index (χ3n) is 5.58. The van der Waals surface area contributed by atoms with Crippen molar-refractivity contribution in [3.63, 3.8) is 0 Å². The quantitative estimate of drug-likeness (QED) is 0.574. The van der Waals surface area contributed by atoms with Crippen molar-refractivity contribution in [2.45, 2.75) is 46.7 Å². The van der Waals surface area contributed by atoms with Gasteiger partial charge in [0.05, 0.1) is 0 Å². The van der Waals surface area contributed by atoms with E-state index in [1.165, 1.54) is 0 Å². The van der Waals surface area contributed by atoms with Crippen molar-refractivity contribution in [3.8, 4) is 0 Å². The summed E-state index contributed by atoms with van der Waals surface area (Å²) >= 11 is 0. The molecule has 2 heterocycles. The van der Waals surface area contributed by atoms with Gasteiger partial charge in [0.25, 0.3) is 0 Å². The summed E-state index contributed by atoms with van der Waals surface area (Å²) in [6, 6.07) is 1.67. The van der Waals surface area contributed by atoms with Gasteiger partial charge in [-0.1, -0.05) is 34.6 Å². The Morgan fingerprint density at radius 2 is 0.857 bits per heavy atom. The maximum absolute atomic E-state index is 2.67. The van der Waals surface area contributed by atoms with Gasteiger partial charge in [-0.3, -0.25) is 4.90 Å².